The minimum Gasteiger partial charge on any atom is -0.302 e. The molecule has 0 radical (unpaired) electrons. The highest BCUT2D eigenvalue weighted by atomic mass is 16.5. The van der Waals surface area contributed by atoms with Crippen molar-refractivity contribution in [1.82, 2.24) is 5.06 Å². The number of hydroxylamine groups is 2. The van der Waals surface area contributed by atoms with E-state index in [-0.39, 0.29) is 5.91 Å². The molecule has 0 unspecified atom stereocenters. The number of para-hydroxylation sites is 2. The van der Waals surface area contributed by atoms with E-state index in [0.29, 0.717) is 23.6 Å². The van der Waals surface area contributed by atoms with Gasteiger partial charge in [0.05, 0.1) is 17.9 Å². The van der Waals surface area contributed by atoms with Gasteiger partial charge in [0.25, 0.3) is 5.91 Å². The van der Waals surface area contributed by atoms with Gasteiger partial charge in [0, 0.05) is 17.3 Å². The first kappa shape index (κ1) is 15.4. The minimum absolute atomic E-state index is 0.0937. The van der Waals surface area contributed by atoms with Gasteiger partial charge >= 0.3 is 0 Å². The summed E-state index contributed by atoms with van der Waals surface area (Å²) in [5.74, 6) is 0.345. The molecule has 2 aliphatic rings. The minimum atomic E-state index is -0.0937. The van der Waals surface area contributed by atoms with Gasteiger partial charge in [-0.3, -0.25) is 10.0 Å². The van der Waals surface area contributed by atoms with Crippen LogP contribution in [0.1, 0.15) is 15.9 Å². The fraction of sp³-hybridized carbons (Fsp3) is 0.100. The number of amidine groups is 1. The molecule has 5 heteroatoms. The van der Waals surface area contributed by atoms with Gasteiger partial charge in [-0.25, -0.2) is 10.1 Å². The maximum Gasteiger partial charge on any atom is 0.258 e. The molecule has 0 spiro atoms. The lowest BCUT2D eigenvalue weighted by atomic mass is 10.1. The zero-order valence-electron chi connectivity index (χ0n) is 13.8. The molecule has 0 saturated carbocycles. The number of hydrogen-bond acceptors (Lipinski definition) is 4. The summed E-state index contributed by atoms with van der Waals surface area (Å²) in [5, 5.41) is 11.1. The fourth-order valence-corrected chi connectivity index (χ4v) is 2.97. The number of hydrogen-bond donors (Lipinski definition) is 1. The Balaban J connectivity index is 1.81. The molecule has 2 aromatic rings. The van der Waals surface area contributed by atoms with Crippen LogP contribution in [0.25, 0.3) is 0 Å². The molecular weight excluding hydrogens is 314 g/mol. The van der Waals surface area contributed by atoms with Crippen molar-refractivity contribution in [3.63, 3.8) is 0 Å². The molecule has 0 aliphatic carbocycles. The summed E-state index contributed by atoms with van der Waals surface area (Å²) in [6, 6.07) is 15.0. The summed E-state index contributed by atoms with van der Waals surface area (Å²) < 4.78 is 0. The van der Waals surface area contributed by atoms with Crippen LogP contribution in [-0.4, -0.2) is 28.6 Å². The van der Waals surface area contributed by atoms with Gasteiger partial charge in [0.15, 0.2) is 5.84 Å². The number of amides is 1. The Bertz CT molecular complexity index is 926. The number of allylic oxidation sites excluding steroid dienone is 2. The highest BCUT2D eigenvalue weighted by molar-refractivity contribution is 6.12. The largest absolute Gasteiger partial charge is 0.302 e. The van der Waals surface area contributed by atoms with Gasteiger partial charge in [-0.1, -0.05) is 35.9 Å². The third kappa shape index (κ3) is 2.75. The highest BCUT2D eigenvalue weighted by Gasteiger charge is 2.28. The molecule has 2 heterocycles. The van der Waals surface area contributed by atoms with Crippen LogP contribution >= 0.6 is 0 Å². The summed E-state index contributed by atoms with van der Waals surface area (Å²) >= 11 is 0. The average molecular weight is 331 g/mol. The summed E-state index contributed by atoms with van der Waals surface area (Å²) in [4.78, 5) is 19.4. The van der Waals surface area contributed by atoms with Crippen molar-refractivity contribution in [3.05, 3.63) is 83.6 Å². The summed E-state index contributed by atoms with van der Waals surface area (Å²) in [5.41, 5.74) is 3.88. The van der Waals surface area contributed by atoms with E-state index in [0.717, 1.165) is 21.9 Å². The molecule has 0 fully saturated rings. The normalized spacial score (nSPS) is 15.8. The van der Waals surface area contributed by atoms with E-state index in [1.807, 2.05) is 61.5 Å². The first-order valence-corrected chi connectivity index (χ1v) is 8.05. The molecule has 1 amide bonds. The predicted molar refractivity (Wildman–Crippen MR) is 97.2 cm³/mol. The van der Waals surface area contributed by atoms with Crippen LogP contribution in [0, 0.1) is 6.92 Å². The second kappa shape index (κ2) is 6.03. The number of rotatable bonds is 1. The van der Waals surface area contributed by atoms with Crippen LogP contribution in [0.2, 0.25) is 0 Å². The number of benzene rings is 2. The van der Waals surface area contributed by atoms with Gasteiger partial charge in [-0.15, -0.1) is 0 Å². The first-order valence-electron chi connectivity index (χ1n) is 8.05. The van der Waals surface area contributed by atoms with Gasteiger partial charge < -0.3 is 4.90 Å². The van der Waals surface area contributed by atoms with Crippen LogP contribution in [0.4, 0.5) is 11.4 Å². The molecule has 1 N–H and O–H groups in total. The Kier molecular flexibility index (Phi) is 3.71. The van der Waals surface area contributed by atoms with Crippen molar-refractivity contribution in [2.24, 2.45) is 4.99 Å². The Morgan fingerprint density at radius 3 is 2.68 bits per heavy atom. The fourth-order valence-electron chi connectivity index (χ4n) is 2.97. The van der Waals surface area contributed by atoms with Gasteiger partial charge in [-0.2, -0.15) is 0 Å². The SMILES string of the molecule is Cc1ccc(C(=O)N2CC3=CC=CN(O)C3=Nc3ccccc32)cc1. The van der Waals surface area contributed by atoms with Crippen LogP contribution < -0.4 is 4.90 Å². The monoisotopic (exact) mass is 331 g/mol. The zero-order chi connectivity index (χ0) is 17.4. The van der Waals surface area contributed by atoms with Gasteiger partial charge in [0.1, 0.15) is 0 Å². The van der Waals surface area contributed by atoms with Gasteiger partial charge in [-0.05, 0) is 37.3 Å². The van der Waals surface area contributed by atoms with Crippen molar-refractivity contribution < 1.29 is 10.0 Å². The third-order valence-electron chi connectivity index (χ3n) is 4.30. The molecule has 0 aromatic heterocycles. The predicted octanol–water partition coefficient (Wildman–Crippen LogP) is 3.83. The Labute approximate surface area is 145 Å². The van der Waals surface area contributed by atoms with E-state index in [9.17, 15) is 10.0 Å². The molecule has 25 heavy (non-hydrogen) atoms. The van der Waals surface area contributed by atoms with Crippen molar-refractivity contribution >= 4 is 23.1 Å². The maximum atomic E-state index is 13.1. The molecule has 124 valence electrons. The van der Waals surface area contributed by atoms with Crippen LogP contribution in [0.15, 0.2) is 77.4 Å². The first-order chi connectivity index (χ1) is 12.1. The standard InChI is InChI=1S/C20H17N3O2/c1-14-8-10-15(11-9-14)20(24)22-13-16-5-4-12-23(25)19(16)21-17-6-2-3-7-18(17)22/h2-12,25H,13H2,1H3. The number of aryl methyl sites for hydroxylation is 1. The van der Waals surface area contributed by atoms with Crippen molar-refractivity contribution in [1.29, 1.82) is 0 Å². The van der Waals surface area contributed by atoms with Crippen LogP contribution in [-0.2, 0) is 0 Å². The summed E-state index contributed by atoms with van der Waals surface area (Å²) in [6.45, 7) is 2.33. The lowest BCUT2D eigenvalue weighted by Gasteiger charge is -2.25. The molecular formula is C20H17N3O2. The third-order valence-corrected chi connectivity index (χ3v) is 4.30. The molecule has 0 bridgehead atoms. The number of nitrogens with zero attached hydrogens (tertiary/aromatic N) is 3. The van der Waals surface area contributed by atoms with E-state index >= 15 is 0 Å². The highest BCUT2D eigenvalue weighted by Crippen LogP contribution is 2.34. The molecule has 4 rings (SSSR count). The van der Waals surface area contributed by atoms with E-state index in [2.05, 4.69) is 4.99 Å². The quantitative estimate of drug-likeness (QED) is 0.864. The van der Waals surface area contributed by atoms with E-state index in [4.69, 9.17) is 0 Å². The Hall–Kier alpha value is -3.18. The summed E-state index contributed by atoms with van der Waals surface area (Å²) in [6.07, 6.45) is 5.13. The molecule has 2 aliphatic heterocycles. The second-order valence-corrected chi connectivity index (χ2v) is 6.06. The Morgan fingerprint density at radius 1 is 1.12 bits per heavy atom. The topological polar surface area (TPSA) is 56.1 Å². The number of fused-ring (bicyclic) bond motifs is 2. The van der Waals surface area contributed by atoms with Crippen molar-refractivity contribution in [2.75, 3.05) is 11.4 Å². The molecule has 0 atom stereocenters. The van der Waals surface area contributed by atoms with E-state index in [1.165, 1.54) is 6.20 Å². The number of carbonyl (C=O) groups is 1. The van der Waals surface area contributed by atoms with E-state index in [1.54, 1.807) is 11.0 Å². The lowest BCUT2D eigenvalue weighted by molar-refractivity contribution is 0.0373. The number of aliphatic imine (C=N–C) groups is 1. The van der Waals surface area contributed by atoms with E-state index < -0.39 is 0 Å². The van der Waals surface area contributed by atoms with Gasteiger partial charge in [0.2, 0.25) is 0 Å². The smallest absolute Gasteiger partial charge is 0.258 e. The van der Waals surface area contributed by atoms with Crippen molar-refractivity contribution in [2.45, 2.75) is 6.92 Å². The number of anilines is 1. The summed E-state index contributed by atoms with van der Waals surface area (Å²) in [7, 11) is 0. The van der Waals surface area contributed by atoms with Crippen LogP contribution in [0.3, 0.4) is 0 Å². The molecule has 5 nitrogen and oxygen atoms in total. The Morgan fingerprint density at radius 2 is 1.88 bits per heavy atom. The molecule has 0 saturated heterocycles. The second-order valence-electron chi connectivity index (χ2n) is 6.06. The van der Waals surface area contributed by atoms with Crippen molar-refractivity contribution in [3.8, 4) is 0 Å². The zero-order valence-corrected chi connectivity index (χ0v) is 13.8. The van der Waals surface area contributed by atoms with Crippen LogP contribution in [0.5, 0.6) is 0 Å². The lowest BCUT2D eigenvalue weighted by Crippen LogP contribution is -2.36. The number of carbonyl (C=O) groups excluding carboxylic acids is 1. The molecule has 2 aromatic carbocycles. The maximum absolute atomic E-state index is 13.1. The average Bonchev–Trinajstić information content (AvgIpc) is 2.80.